The maximum absolute atomic E-state index is 12.3. The van der Waals surface area contributed by atoms with Crippen LogP contribution < -0.4 is 21.3 Å². The molecule has 0 radical (unpaired) electrons. The van der Waals surface area contributed by atoms with Crippen LogP contribution in [0.1, 0.15) is 30.8 Å². The third-order valence-corrected chi connectivity index (χ3v) is 4.36. The average Bonchev–Trinajstić information content (AvgIpc) is 3.29. The van der Waals surface area contributed by atoms with E-state index in [9.17, 15) is 14.4 Å². The predicted octanol–water partition coefficient (Wildman–Crippen LogP) is 4.57. The fourth-order valence-electron chi connectivity index (χ4n) is 2.91. The van der Waals surface area contributed by atoms with Crippen molar-refractivity contribution >= 4 is 40.5 Å². The van der Waals surface area contributed by atoms with Crippen molar-refractivity contribution in [2.24, 2.45) is 5.92 Å². The van der Waals surface area contributed by atoms with Gasteiger partial charge in [-0.1, -0.05) is 19.9 Å². The summed E-state index contributed by atoms with van der Waals surface area (Å²) < 4.78 is 5.07. The highest BCUT2D eigenvalue weighted by Crippen LogP contribution is 2.17. The van der Waals surface area contributed by atoms with Gasteiger partial charge in [0.15, 0.2) is 5.76 Å². The zero-order valence-corrected chi connectivity index (χ0v) is 18.0. The van der Waals surface area contributed by atoms with Crippen LogP contribution in [0.2, 0.25) is 0 Å². The standard InChI is InChI=1S/C24H26N4O4/c1-16(2)13-22(29)26-17-8-10-18(11-9-17)27-23(30)15-25-19-5-3-6-20(14-19)28-24(31)21-7-4-12-32-21/h3-12,14,16,25H,13,15H2,1-2H3,(H,26,29)(H,27,30)(H,28,31). The molecular weight excluding hydrogens is 408 g/mol. The minimum atomic E-state index is -0.353. The minimum absolute atomic E-state index is 0.0384. The van der Waals surface area contributed by atoms with Crippen LogP contribution >= 0.6 is 0 Å². The number of anilines is 4. The molecule has 0 spiro atoms. The summed E-state index contributed by atoms with van der Waals surface area (Å²) in [6.45, 7) is 4.02. The molecule has 0 atom stereocenters. The molecule has 0 unspecified atom stereocenters. The molecule has 4 N–H and O–H groups in total. The van der Waals surface area contributed by atoms with Crippen LogP contribution in [-0.4, -0.2) is 24.3 Å². The predicted molar refractivity (Wildman–Crippen MR) is 125 cm³/mol. The molecule has 3 amide bonds. The summed E-state index contributed by atoms with van der Waals surface area (Å²) in [5.41, 5.74) is 2.56. The molecule has 0 aliphatic heterocycles. The van der Waals surface area contributed by atoms with E-state index in [1.165, 1.54) is 6.26 Å². The lowest BCUT2D eigenvalue weighted by Gasteiger charge is -2.11. The Balaban J connectivity index is 1.47. The highest BCUT2D eigenvalue weighted by atomic mass is 16.3. The first kappa shape index (κ1) is 22.6. The Morgan fingerprint density at radius 1 is 0.781 bits per heavy atom. The Bertz CT molecular complexity index is 1060. The monoisotopic (exact) mass is 434 g/mol. The number of carbonyl (C=O) groups is 3. The molecule has 0 saturated heterocycles. The van der Waals surface area contributed by atoms with Crippen molar-refractivity contribution in [1.29, 1.82) is 0 Å². The fourth-order valence-corrected chi connectivity index (χ4v) is 2.91. The molecule has 0 fully saturated rings. The van der Waals surface area contributed by atoms with Gasteiger partial charge >= 0.3 is 0 Å². The van der Waals surface area contributed by atoms with E-state index in [0.717, 1.165) is 0 Å². The Morgan fingerprint density at radius 3 is 2.06 bits per heavy atom. The number of amides is 3. The molecular formula is C24H26N4O4. The van der Waals surface area contributed by atoms with Gasteiger partial charge in [-0.2, -0.15) is 0 Å². The van der Waals surface area contributed by atoms with E-state index in [1.54, 1.807) is 60.7 Å². The topological polar surface area (TPSA) is 112 Å². The van der Waals surface area contributed by atoms with Crippen molar-refractivity contribution in [2.75, 3.05) is 27.8 Å². The van der Waals surface area contributed by atoms with Crippen molar-refractivity contribution in [1.82, 2.24) is 0 Å². The third kappa shape index (κ3) is 7.02. The van der Waals surface area contributed by atoms with Gasteiger partial charge in [0, 0.05) is 29.2 Å². The van der Waals surface area contributed by atoms with Crippen LogP contribution in [0.3, 0.4) is 0 Å². The van der Waals surface area contributed by atoms with E-state index >= 15 is 0 Å². The van der Waals surface area contributed by atoms with Crippen LogP contribution in [0, 0.1) is 5.92 Å². The second-order valence-electron chi connectivity index (χ2n) is 7.64. The molecule has 32 heavy (non-hydrogen) atoms. The maximum Gasteiger partial charge on any atom is 0.291 e. The summed E-state index contributed by atoms with van der Waals surface area (Å²) in [6, 6.07) is 17.2. The number of rotatable bonds is 9. The molecule has 8 nitrogen and oxygen atoms in total. The number of furan rings is 1. The molecule has 3 aromatic rings. The highest BCUT2D eigenvalue weighted by molar-refractivity contribution is 6.02. The molecule has 1 heterocycles. The molecule has 0 aliphatic rings. The van der Waals surface area contributed by atoms with Gasteiger partial charge in [-0.15, -0.1) is 0 Å². The Labute approximate surface area is 186 Å². The van der Waals surface area contributed by atoms with Crippen molar-refractivity contribution in [2.45, 2.75) is 20.3 Å². The highest BCUT2D eigenvalue weighted by Gasteiger charge is 2.09. The maximum atomic E-state index is 12.3. The first-order chi connectivity index (χ1) is 15.4. The summed E-state index contributed by atoms with van der Waals surface area (Å²) in [6.07, 6.45) is 1.89. The van der Waals surface area contributed by atoms with Crippen molar-refractivity contribution < 1.29 is 18.8 Å². The van der Waals surface area contributed by atoms with E-state index in [1.807, 2.05) is 13.8 Å². The number of benzene rings is 2. The van der Waals surface area contributed by atoms with Crippen molar-refractivity contribution in [3.05, 3.63) is 72.7 Å². The first-order valence-electron chi connectivity index (χ1n) is 10.3. The number of nitrogens with one attached hydrogen (secondary N) is 4. The molecule has 8 heteroatoms. The Kier molecular flexibility index (Phi) is 7.64. The van der Waals surface area contributed by atoms with E-state index in [2.05, 4.69) is 21.3 Å². The zero-order valence-electron chi connectivity index (χ0n) is 18.0. The van der Waals surface area contributed by atoms with Gasteiger partial charge in [0.25, 0.3) is 5.91 Å². The second-order valence-corrected chi connectivity index (χ2v) is 7.64. The summed E-state index contributed by atoms with van der Waals surface area (Å²) in [7, 11) is 0. The first-order valence-corrected chi connectivity index (χ1v) is 10.3. The van der Waals surface area contributed by atoms with Gasteiger partial charge in [-0.25, -0.2) is 0 Å². The largest absolute Gasteiger partial charge is 0.459 e. The second kappa shape index (κ2) is 10.8. The van der Waals surface area contributed by atoms with E-state index in [-0.39, 0.29) is 35.9 Å². The van der Waals surface area contributed by atoms with Crippen LogP contribution in [0.5, 0.6) is 0 Å². The third-order valence-electron chi connectivity index (χ3n) is 4.36. The lowest BCUT2D eigenvalue weighted by molar-refractivity contribution is -0.117. The molecule has 166 valence electrons. The normalized spacial score (nSPS) is 10.5. The fraction of sp³-hybridized carbons (Fsp3) is 0.208. The van der Waals surface area contributed by atoms with E-state index in [4.69, 9.17) is 4.42 Å². The lowest BCUT2D eigenvalue weighted by atomic mass is 10.1. The van der Waals surface area contributed by atoms with Gasteiger partial charge in [0.1, 0.15) is 0 Å². The zero-order chi connectivity index (χ0) is 22.9. The van der Waals surface area contributed by atoms with Gasteiger partial charge in [-0.3, -0.25) is 14.4 Å². The summed E-state index contributed by atoms with van der Waals surface area (Å²) in [5, 5.41) is 11.4. The molecule has 1 aromatic heterocycles. The van der Waals surface area contributed by atoms with Gasteiger partial charge in [-0.05, 0) is 60.5 Å². The van der Waals surface area contributed by atoms with Crippen LogP contribution in [-0.2, 0) is 9.59 Å². The van der Waals surface area contributed by atoms with Gasteiger partial charge < -0.3 is 25.7 Å². The van der Waals surface area contributed by atoms with Crippen LogP contribution in [0.4, 0.5) is 22.7 Å². The number of carbonyl (C=O) groups excluding carboxylic acids is 3. The molecule has 3 rings (SSSR count). The molecule has 0 bridgehead atoms. The summed E-state index contributed by atoms with van der Waals surface area (Å²) in [4.78, 5) is 36.2. The minimum Gasteiger partial charge on any atom is -0.459 e. The molecule has 2 aromatic carbocycles. The van der Waals surface area contributed by atoms with Crippen molar-refractivity contribution in [3.8, 4) is 0 Å². The SMILES string of the molecule is CC(C)CC(=O)Nc1ccc(NC(=O)CNc2cccc(NC(=O)c3ccco3)c2)cc1. The number of hydrogen-bond donors (Lipinski definition) is 4. The average molecular weight is 434 g/mol. The smallest absolute Gasteiger partial charge is 0.291 e. The van der Waals surface area contributed by atoms with Crippen LogP contribution in [0.15, 0.2) is 71.3 Å². The van der Waals surface area contributed by atoms with E-state index in [0.29, 0.717) is 29.2 Å². The Hall–Kier alpha value is -4.07. The summed E-state index contributed by atoms with van der Waals surface area (Å²) >= 11 is 0. The number of hydrogen-bond acceptors (Lipinski definition) is 5. The van der Waals surface area contributed by atoms with Gasteiger partial charge in [0.2, 0.25) is 11.8 Å². The van der Waals surface area contributed by atoms with Crippen molar-refractivity contribution in [3.63, 3.8) is 0 Å². The van der Waals surface area contributed by atoms with E-state index < -0.39 is 0 Å². The quantitative estimate of drug-likeness (QED) is 0.394. The lowest BCUT2D eigenvalue weighted by Crippen LogP contribution is -2.21. The molecule has 0 aliphatic carbocycles. The molecule has 0 saturated carbocycles. The van der Waals surface area contributed by atoms with Gasteiger partial charge in [0.05, 0.1) is 12.8 Å². The summed E-state index contributed by atoms with van der Waals surface area (Å²) in [5.74, 6) is -0.119. The Morgan fingerprint density at radius 2 is 1.44 bits per heavy atom. The van der Waals surface area contributed by atoms with Crippen LogP contribution in [0.25, 0.3) is 0 Å².